The molecule has 0 radical (unpaired) electrons. The van der Waals surface area contributed by atoms with Crippen molar-refractivity contribution in [2.45, 2.75) is 6.54 Å². The topological polar surface area (TPSA) is 117 Å². The number of pyridine rings is 2. The van der Waals surface area contributed by atoms with E-state index < -0.39 is 5.91 Å². The van der Waals surface area contributed by atoms with Crippen LogP contribution in [0.3, 0.4) is 0 Å². The van der Waals surface area contributed by atoms with Gasteiger partial charge in [-0.25, -0.2) is 0 Å². The minimum absolute atomic E-state index is 0.199. The van der Waals surface area contributed by atoms with E-state index in [0.29, 0.717) is 28.0 Å². The first-order valence-corrected chi connectivity index (χ1v) is 7.80. The second kappa shape index (κ2) is 6.25. The summed E-state index contributed by atoms with van der Waals surface area (Å²) in [6, 6.07) is 13.9. The fourth-order valence-corrected chi connectivity index (χ4v) is 2.76. The third-order valence-corrected chi connectivity index (χ3v) is 3.88. The second-order valence-electron chi connectivity index (χ2n) is 5.60. The first kappa shape index (κ1) is 15.7. The molecule has 0 saturated heterocycles. The molecule has 0 fully saturated rings. The summed E-state index contributed by atoms with van der Waals surface area (Å²) in [4.78, 5) is 32.3. The minimum Gasteiger partial charge on any atom is -0.368 e. The minimum atomic E-state index is -0.597. The summed E-state index contributed by atoms with van der Waals surface area (Å²) in [6.45, 7) is -0.206. The Morgan fingerprint density at radius 3 is 2.73 bits per heavy atom. The van der Waals surface area contributed by atoms with Crippen molar-refractivity contribution >= 4 is 16.8 Å². The number of nitrogens with two attached hydrogens (primary N) is 1. The normalized spacial score (nSPS) is 10.9. The van der Waals surface area contributed by atoms with Gasteiger partial charge >= 0.3 is 0 Å². The zero-order chi connectivity index (χ0) is 18.1. The molecule has 0 aliphatic rings. The van der Waals surface area contributed by atoms with Crippen LogP contribution in [0, 0.1) is 0 Å². The Kier molecular flexibility index (Phi) is 3.77. The van der Waals surface area contributed by atoms with Crippen LogP contribution in [0.1, 0.15) is 0 Å². The van der Waals surface area contributed by atoms with Crippen LogP contribution >= 0.6 is 0 Å². The van der Waals surface area contributed by atoms with E-state index in [1.807, 2.05) is 18.2 Å². The number of nitrogens with zero attached hydrogens (tertiary/aromatic N) is 4. The maximum atomic E-state index is 12.5. The van der Waals surface area contributed by atoms with Crippen molar-refractivity contribution in [2.75, 3.05) is 0 Å². The van der Waals surface area contributed by atoms with Gasteiger partial charge in [-0.2, -0.15) is 4.98 Å². The Labute approximate surface area is 146 Å². The van der Waals surface area contributed by atoms with Crippen molar-refractivity contribution in [3.05, 3.63) is 65.1 Å². The van der Waals surface area contributed by atoms with Crippen molar-refractivity contribution in [3.63, 3.8) is 0 Å². The number of rotatable bonds is 4. The van der Waals surface area contributed by atoms with E-state index in [-0.39, 0.29) is 18.0 Å². The summed E-state index contributed by atoms with van der Waals surface area (Å²) < 4.78 is 6.66. The maximum Gasteiger partial charge on any atom is 0.259 e. The van der Waals surface area contributed by atoms with Crippen molar-refractivity contribution < 1.29 is 9.32 Å². The van der Waals surface area contributed by atoms with Crippen LogP contribution < -0.4 is 11.3 Å². The smallest absolute Gasteiger partial charge is 0.259 e. The highest BCUT2D eigenvalue weighted by Crippen LogP contribution is 2.27. The third-order valence-electron chi connectivity index (χ3n) is 3.88. The van der Waals surface area contributed by atoms with Gasteiger partial charge in [-0.3, -0.25) is 19.1 Å². The van der Waals surface area contributed by atoms with Crippen LogP contribution in [-0.2, 0) is 11.3 Å². The molecule has 2 N–H and O–H groups in total. The molecule has 0 spiro atoms. The van der Waals surface area contributed by atoms with E-state index in [2.05, 4.69) is 15.1 Å². The molecule has 0 unspecified atom stereocenters. The highest BCUT2D eigenvalue weighted by Gasteiger charge is 2.17. The SMILES string of the molecule is NC(=O)Cn1c(=O)cc(-c2nc(-c3ccccn3)no2)c2ccccc21. The highest BCUT2D eigenvalue weighted by atomic mass is 16.5. The summed E-state index contributed by atoms with van der Waals surface area (Å²) in [5.74, 6) is -0.0728. The van der Waals surface area contributed by atoms with Crippen LogP contribution in [-0.4, -0.2) is 25.6 Å². The van der Waals surface area contributed by atoms with Gasteiger partial charge in [0.05, 0.1) is 11.1 Å². The molecule has 3 aromatic heterocycles. The molecule has 8 heteroatoms. The standard InChI is InChI=1S/C18H13N5O3/c19-15(24)10-23-14-7-2-1-5-11(14)12(9-16(23)25)18-21-17(22-26-18)13-6-3-4-8-20-13/h1-9H,10H2,(H2,19,24). The maximum absolute atomic E-state index is 12.5. The average Bonchev–Trinajstić information content (AvgIpc) is 3.14. The predicted molar refractivity (Wildman–Crippen MR) is 93.9 cm³/mol. The molecule has 0 saturated carbocycles. The molecule has 0 bridgehead atoms. The Hall–Kier alpha value is -3.81. The van der Waals surface area contributed by atoms with Crippen LogP contribution in [0.25, 0.3) is 33.9 Å². The molecule has 0 aliphatic heterocycles. The van der Waals surface area contributed by atoms with Crippen molar-refractivity contribution in [3.8, 4) is 23.0 Å². The monoisotopic (exact) mass is 347 g/mol. The van der Waals surface area contributed by atoms with E-state index >= 15 is 0 Å². The average molecular weight is 347 g/mol. The van der Waals surface area contributed by atoms with Gasteiger partial charge in [0.1, 0.15) is 12.2 Å². The lowest BCUT2D eigenvalue weighted by Gasteiger charge is -2.10. The van der Waals surface area contributed by atoms with Gasteiger partial charge in [-0.05, 0) is 18.2 Å². The number of hydrogen-bond donors (Lipinski definition) is 1. The first-order valence-electron chi connectivity index (χ1n) is 7.80. The van der Waals surface area contributed by atoms with Gasteiger partial charge < -0.3 is 10.3 Å². The molecule has 0 atom stereocenters. The molecule has 1 amide bonds. The number of hydrogen-bond acceptors (Lipinski definition) is 6. The van der Waals surface area contributed by atoms with Gasteiger partial charge in [0, 0.05) is 17.6 Å². The Morgan fingerprint density at radius 1 is 1.15 bits per heavy atom. The number of para-hydroxylation sites is 1. The number of benzene rings is 1. The summed E-state index contributed by atoms with van der Waals surface area (Å²) in [5, 5.41) is 4.64. The van der Waals surface area contributed by atoms with Crippen LogP contribution in [0.2, 0.25) is 0 Å². The molecule has 26 heavy (non-hydrogen) atoms. The number of carbonyl (C=O) groups excluding carboxylic acids is 1. The lowest BCUT2D eigenvalue weighted by Crippen LogP contribution is -2.28. The van der Waals surface area contributed by atoms with Crippen LogP contribution in [0.15, 0.2) is 64.0 Å². The molecule has 8 nitrogen and oxygen atoms in total. The summed E-state index contributed by atoms with van der Waals surface area (Å²) >= 11 is 0. The van der Waals surface area contributed by atoms with Crippen molar-refractivity contribution in [1.82, 2.24) is 19.7 Å². The highest BCUT2D eigenvalue weighted by molar-refractivity contribution is 5.93. The molecule has 4 aromatic rings. The van der Waals surface area contributed by atoms with E-state index in [1.165, 1.54) is 10.6 Å². The van der Waals surface area contributed by atoms with E-state index in [1.54, 1.807) is 30.5 Å². The quantitative estimate of drug-likeness (QED) is 0.599. The summed E-state index contributed by atoms with van der Waals surface area (Å²) in [6.07, 6.45) is 1.63. The van der Waals surface area contributed by atoms with Gasteiger partial charge in [-0.1, -0.05) is 29.4 Å². The number of amides is 1. The van der Waals surface area contributed by atoms with Gasteiger partial charge in [0.15, 0.2) is 0 Å². The third kappa shape index (κ3) is 2.73. The van der Waals surface area contributed by atoms with E-state index in [4.69, 9.17) is 10.3 Å². The molecule has 4 rings (SSSR count). The lowest BCUT2D eigenvalue weighted by atomic mass is 10.1. The summed E-state index contributed by atoms with van der Waals surface area (Å²) in [5.41, 5.74) is 6.49. The van der Waals surface area contributed by atoms with Gasteiger partial charge in [-0.15, -0.1) is 0 Å². The van der Waals surface area contributed by atoms with Crippen LogP contribution in [0.4, 0.5) is 0 Å². The Balaban J connectivity index is 1.90. The second-order valence-corrected chi connectivity index (χ2v) is 5.60. The van der Waals surface area contributed by atoms with Gasteiger partial charge in [0.25, 0.3) is 11.4 Å². The zero-order valence-electron chi connectivity index (χ0n) is 13.5. The van der Waals surface area contributed by atoms with Gasteiger partial charge in [0.2, 0.25) is 11.7 Å². The van der Waals surface area contributed by atoms with Crippen LogP contribution in [0.5, 0.6) is 0 Å². The fraction of sp³-hybridized carbons (Fsp3) is 0.0556. The number of carbonyl (C=O) groups is 1. The largest absolute Gasteiger partial charge is 0.368 e. The van der Waals surface area contributed by atoms with Crippen molar-refractivity contribution in [2.24, 2.45) is 5.73 Å². The first-order chi connectivity index (χ1) is 12.6. The fourth-order valence-electron chi connectivity index (χ4n) is 2.76. The Morgan fingerprint density at radius 2 is 1.96 bits per heavy atom. The lowest BCUT2D eigenvalue weighted by molar-refractivity contribution is -0.118. The predicted octanol–water partition coefficient (Wildman–Crippen LogP) is 1.60. The number of primary amides is 1. The molecule has 1 aromatic carbocycles. The molecular weight excluding hydrogens is 334 g/mol. The summed E-state index contributed by atoms with van der Waals surface area (Å²) in [7, 11) is 0. The van der Waals surface area contributed by atoms with E-state index in [0.717, 1.165) is 0 Å². The number of fused-ring (bicyclic) bond motifs is 1. The van der Waals surface area contributed by atoms with Crippen molar-refractivity contribution in [1.29, 1.82) is 0 Å². The number of aromatic nitrogens is 4. The molecule has 0 aliphatic carbocycles. The Bertz CT molecular complexity index is 1160. The molecular formula is C18H13N5O3. The molecule has 3 heterocycles. The van der Waals surface area contributed by atoms with E-state index in [9.17, 15) is 9.59 Å². The zero-order valence-corrected chi connectivity index (χ0v) is 13.5. The molecule has 128 valence electrons.